The molecular weight excluding hydrogens is 174 g/mol. The Kier molecular flexibility index (Phi) is 2.53. The maximum atomic E-state index is 11.1. The highest BCUT2D eigenvalue weighted by atomic mass is 16.1. The Balaban J connectivity index is 2.02. The third-order valence-corrected chi connectivity index (χ3v) is 2.84. The molecule has 0 spiro atoms. The average molecular weight is 189 g/mol. The van der Waals surface area contributed by atoms with Crippen molar-refractivity contribution in [3.63, 3.8) is 0 Å². The topological polar surface area (TPSA) is 29.1 Å². The third kappa shape index (κ3) is 1.95. The first-order valence-corrected chi connectivity index (χ1v) is 5.09. The summed E-state index contributed by atoms with van der Waals surface area (Å²) in [6.45, 7) is 2.13. The van der Waals surface area contributed by atoms with E-state index in [4.69, 9.17) is 0 Å². The standard InChI is InChI=1S/C12H15NO/c1-9-7-12(14)13-11(9)8-10-5-3-2-4-6-10/h2-6,9,11H,7-8H2,1H3,(H,13,14)/t9-,11+/m1/s1. The summed E-state index contributed by atoms with van der Waals surface area (Å²) in [6, 6.07) is 10.6. The molecule has 1 aliphatic rings. The summed E-state index contributed by atoms with van der Waals surface area (Å²) >= 11 is 0. The molecule has 2 heteroatoms. The highest BCUT2D eigenvalue weighted by molar-refractivity contribution is 5.79. The molecule has 1 fully saturated rings. The second-order valence-corrected chi connectivity index (χ2v) is 4.05. The van der Waals surface area contributed by atoms with Gasteiger partial charge in [-0.1, -0.05) is 37.3 Å². The number of carbonyl (C=O) groups excluding carboxylic acids is 1. The van der Waals surface area contributed by atoms with Gasteiger partial charge in [-0.15, -0.1) is 0 Å². The number of carbonyl (C=O) groups is 1. The molecule has 0 bridgehead atoms. The van der Waals surface area contributed by atoms with Crippen LogP contribution in [0.3, 0.4) is 0 Å². The normalized spacial score (nSPS) is 26.2. The lowest BCUT2D eigenvalue weighted by Crippen LogP contribution is -2.30. The Morgan fingerprint density at radius 1 is 1.36 bits per heavy atom. The van der Waals surface area contributed by atoms with E-state index in [1.54, 1.807) is 0 Å². The van der Waals surface area contributed by atoms with Gasteiger partial charge in [0.15, 0.2) is 0 Å². The van der Waals surface area contributed by atoms with Gasteiger partial charge in [0.2, 0.25) is 5.91 Å². The summed E-state index contributed by atoms with van der Waals surface area (Å²) in [5.74, 6) is 0.654. The van der Waals surface area contributed by atoms with Gasteiger partial charge in [-0.25, -0.2) is 0 Å². The largest absolute Gasteiger partial charge is 0.353 e. The van der Waals surface area contributed by atoms with Crippen molar-refractivity contribution in [1.29, 1.82) is 0 Å². The van der Waals surface area contributed by atoms with Gasteiger partial charge in [-0.3, -0.25) is 4.79 Å². The lowest BCUT2D eigenvalue weighted by Gasteiger charge is -2.14. The summed E-state index contributed by atoms with van der Waals surface area (Å²) < 4.78 is 0. The molecule has 0 radical (unpaired) electrons. The van der Waals surface area contributed by atoms with Crippen LogP contribution in [0.2, 0.25) is 0 Å². The average Bonchev–Trinajstić information content (AvgIpc) is 2.47. The number of nitrogens with one attached hydrogen (secondary N) is 1. The van der Waals surface area contributed by atoms with Gasteiger partial charge in [0.1, 0.15) is 0 Å². The van der Waals surface area contributed by atoms with Crippen molar-refractivity contribution < 1.29 is 4.79 Å². The quantitative estimate of drug-likeness (QED) is 0.754. The van der Waals surface area contributed by atoms with Crippen LogP contribution >= 0.6 is 0 Å². The molecule has 0 aromatic heterocycles. The molecule has 1 aliphatic heterocycles. The smallest absolute Gasteiger partial charge is 0.220 e. The molecule has 74 valence electrons. The van der Waals surface area contributed by atoms with Crippen molar-refractivity contribution in [1.82, 2.24) is 5.32 Å². The molecule has 0 saturated carbocycles. The Labute approximate surface area is 84.3 Å². The van der Waals surface area contributed by atoms with Crippen LogP contribution in [0.25, 0.3) is 0 Å². The maximum Gasteiger partial charge on any atom is 0.220 e. The highest BCUT2D eigenvalue weighted by Crippen LogP contribution is 2.19. The Morgan fingerprint density at radius 3 is 2.64 bits per heavy atom. The van der Waals surface area contributed by atoms with E-state index < -0.39 is 0 Å². The van der Waals surface area contributed by atoms with Crippen LogP contribution in [0.5, 0.6) is 0 Å². The summed E-state index contributed by atoms with van der Waals surface area (Å²) in [6.07, 6.45) is 1.63. The molecule has 1 aromatic carbocycles. The van der Waals surface area contributed by atoms with Crippen molar-refractivity contribution in [2.45, 2.75) is 25.8 Å². The molecule has 2 nitrogen and oxygen atoms in total. The Bertz CT molecular complexity index is 320. The van der Waals surface area contributed by atoms with Gasteiger partial charge < -0.3 is 5.32 Å². The van der Waals surface area contributed by atoms with Crippen LogP contribution in [-0.4, -0.2) is 11.9 Å². The zero-order valence-electron chi connectivity index (χ0n) is 8.36. The van der Waals surface area contributed by atoms with Crippen LogP contribution in [0, 0.1) is 5.92 Å². The fraction of sp³-hybridized carbons (Fsp3) is 0.417. The van der Waals surface area contributed by atoms with Crippen molar-refractivity contribution in [2.75, 3.05) is 0 Å². The lowest BCUT2D eigenvalue weighted by molar-refractivity contribution is -0.119. The number of amides is 1. The van der Waals surface area contributed by atoms with Gasteiger partial charge >= 0.3 is 0 Å². The molecular formula is C12H15NO. The zero-order valence-corrected chi connectivity index (χ0v) is 8.36. The monoisotopic (exact) mass is 189 g/mol. The number of benzene rings is 1. The molecule has 1 N–H and O–H groups in total. The minimum atomic E-state index is 0.193. The SMILES string of the molecule is C[C@@H]1CC(=O)N[C@H]1Cc1ccccc1. The summed E-state index contributed by atoms with van der Waals surface area (Å²) in [4.78, 5) is 11.1. The molecule has 14 heavy (non-hydrogen) atoms. The Morgan fingerprint density at radius 2 is 2.07 bits per heavy atom. The second-order valence-electron chi connectivity index (χ2n) is 4.05. The molecule has 2 rings (SSSR count). The number of rotatable bonds is 2. The predicted octanol–water partition coefficient (Wildman–Crippen LogP) is 1.75. The maximum absolute atomic E-state index is 11.1. The zero-order chi connectivity index (χ0) is 9.97. The fourth-order valence-corrected chi connectivity index (χ4v) is 1.96. The third-order valence-electron chi connectivity index (χ3n) is 2.84. The second kappa shape index (κ2) is 3.82. The van der Waals surface area contributed by atoms with E-state index >= 15 is 0 Å². The van der Waals surface area contributed by atoms with Crippen molar-refractivity contribution >= 4 is 5.91 Å². The first-order chi connectivity index (χ1) is 6.75. The van der Waals surface area contributed by atoms with Gasteiger partial charge in [0.05, 0.1) is 0 Å². The Hall–Kier alpha value is -1.31. The van der Waals surface area contributed by atoms with Gasteiger partial charge in [0.25, 0.3) is 0 Å². The molecule has 0 aliphatic carbocycles. The lowest BCUT2D eigenvalue weighted by atomic mass is 9.96. The van der Waals surface area contributed by atoms with Gasteiger partial charge in [-0.2, -0.15) is 0 Å². The van der Waals surface area contributed by atoms with Crippen molar-refractivity contribution in [2.24, 2.45) is 5.92 Å². The van der Waals surface area contributed by atoms with Gasteiger partial charge in [0, 0.05) is 12.5 Å². The van der Waals surface area contributed by atoms with E-state index in [2.05, 4.69) is 24.4 Å². The summed E-state index contributed by atoms with van der Waals surface area (Å²) in [7, 11) is 0. The molecule has 1 aromatic rings. The first-order valence-electron chi connectivity index (χ1n) is 5.09. The predicted molar refractivity (Wildman–Crippen MR) is 55.9 cm³/mol. The van der Waals surface area contributed by atoms with Crippen LogP contribution in [0.1, 0.15) is 18.9 Å². The van der Waals surface area contributed by atoms with Crippen LogP contribution in [0.4, 0.5) is 0 Å². The van der Waals surface area contributed by atoms with E-state index in [9.17, 15) is 4.79 Å². The van der Waals surface area contributed by atoms with Crippen LogP contribution in [0.15, 0.2) is 30.3 Å². The highest BCUT2D eigenvalue weighted by Gasteiger charge is 2.28. The van der Waals surface area contributed by atoms with Crippen molar-refractivity contribution in [3.05, 3.63) is 35.9 Å². The fourth-order valence-electron chi connectivity index (χ4n) is 1.96. The first kappa shape index (κ1) is 9.25. The van der Waals surface area contributed by atoms with E-state index in [1.165, 1.54) is 5.56 Å². The van der Waals surface area contributed by atoms with E-state index in [1.807, 2.05) is 18.2 Å². The van der Waals surface area contributed by atoms with E-state index in [0.29, 0.717) is 18.4 Å². The summed E-state index contributed by atoms with van der Waals surface area (Å²) in [5, 5.41) is 3.01. The van der Waals surface area contributed by atoms with Crippen molar-refractivity contribution in [3.8, 4) is 0 Å². The van der Waals surface area contributed by atoms with Crippen LogP contribution < -0.4 is 5.32 Å². The minimum Gasteiger partial charge on any atom is -0.353 e. The number of hydrogen-bond donors (Lipinski definition) is 1. The molecule has 1 amide bonds. The van der Waals surface area contributed by atoms with E-state index in [0.717, 1.165) is 6.42 Å². The van der Waals surface area contributed by atoms with E-state index in [-0.39, 0.29) is 5.91 Å². The molecule has 2 atom stereocenters. The molecule has 1 saturated heterocycles. The molecule has 1 heterocycles. The molecule has 0 unspecified atom stereocenters. The minimum absolute atomic E-state index is 0.193. The van der Waals surface area contributed by atoms with Crippen LogP contribution in [-0.2, 0) is 11.2 Å². The van der Waals surface area contributed by atoms with Gasteiger partial charge in [-0.05, 0) is 17.9 Å². The number of hydrogen-bond acceptors (Lipinski definition) is 1. The summed E-state index contributed by atoms with van der Waals surface area (Å²) in [5.41, 5.74) is 1.30.